The van der Waals surface area contributed by atoms with Gasteiger partial charge in [0.25, 0.3) is 0 Å². The molecule has 2 aromatic carbocycles. The van der Waals surface area contributed by atoms with Gasteiger partial charge in [0, 0.05) is 12.6 Å². The fraction of sp³-hybridized carbons (Fsp3) is 0.235. The highest BCUT2D eigenvalue weighted by Gasteiger charge is 2.02. The summed E-state index contributed by atoms with van der Waals surface area (Å²) < 4.78 is 0. The molecule has 0 aliphatic rings. The van der Waals surface area contributed by atoms with Crippen molar-refractivity contribution in [3.05, 3.63) is 54.1 Å². The number of carbonyl (C=O) groups is 1. The van der Waals surface area contributed by atoms with E-state index in [-0.39, 0.29) is 5.91 Å². The van der Waals surface area contributed by atoms with Crippen molar-refractivity contribution in [2.45, 2.75) is 26.7 Å². The lowest BCUT2D eigenvalue weighted by molar-refractivity contribution is -0.114. The van der Waals surface area contributed by atoms with Crippen LogP contribution in [0.3, 0.4) is 0 Å². The molecule has 1 N–H and O–H groups in total. The molecular formula is C17H19NO. The van der Waals surface area contributed by atoms with Gasteiger partial charge in [0.15, 0.2) is 0 Å². The third kappa shape index (κ3) is 3.44. The predicted molar refractivity (Wildman–Crippen MR) is 80.3 cm³/mol. The van der Waals surface area contributed by atoms with Crippen LogP contribution in [-0.4, -0.2) is 5.91 Å². The van der Waals surface area contributed by atoms with Gasteiger partial charge >= 0.3 is 0 Å². The first kappa shape index (κ1) is 13.3. The average molecular weight is 253 g/mol. The van der Waals surface area contributed by atoms with Gasteiger partial charge in [-0.25, -0.2) is 0 Å². The maximum atomic E-state index is 11.1. The third-order valence-corrected chi connectivity index (χ3v) is 3.09. The van der Waals surface area contributed by atoms with Gasteiger partial charge in [-0.3, -0.25) is 4.79 Å². The number of benzene rings is 2. The number of nitrogens with one attached hydrogen (secondary N) is 1. The fourth-order valence-electron chi connectivity index (χ4n) is 2.04. The van der Waals surface area contributed by atoms with Crippen LogP contribution < -0.4 is 5.32 Å². The van der Waals surface area contributed by atoms with E-state index in [4.69, 9.17) is 0 Å². The summed E-state index contributed by atoms with van der Waals surface area (Å²) in [5.74, 6) is 0.493. The minimum atomic E-state index is -0.0488. The summed E-state index contributed by atoms with van der Waals surface area (Å²) in [6.45, 7) is 5.89. The Hall–Kier alpha value is -2.09. The van der Waals surface area contributed by atoms with Crippen LogP contribution in [0.1, 0.15) is 32.3 Å². The van der Waals surface area contributed by atoms with Crippen molar-refractivity contribution in [2.75, 3.05) is 5.32 Å². The van der Waals surface area contributed by atoms with E-state index in [0.717, 1.165) is 16.8 Å². The molecule has 2 heteroatoms. The molecule has 0 saturated carbocycles. The lowest BCUT2D eigenvalue weighted by Crippen LogP contribution is -2.05. The van der Waals surface area contributed by atoms with Gasteiger partial charge < -0.3 is 5.32 Å². The highest BCUT2D eigenvalue weighted by molar-refractivity contribution is 5.89. The minimum Gasteiger partial charge on any atom is -0.326 e. The molecule has 2 aromatic rings. The largest absolute Gasteiger partial charge is 0.326 e. The lowest BCUT2D eigenvalue weighted by Gasteiger charge is -2.08. The number of hydrogen-bond acceptors (Lipinski definition) is 1. The second-order valence-corrected chi connectivity index (χ2v) is 5.04. The summed E-state index contributed by atoms with van der Waals surface area (Å²) in [6, 6.07) is 16.5. The van der Waals surface area contributed by atoms with Gasteiger partial charge in [-0.05, 0) is 34.7 Å². The van der Waals surface area contributed by atoms with Gasteiger partial charge in [0.05, 0.1) is 0 Å². The van der Waals surface area contributed by atoms with E-state index in [9.17, 15) is 4.79 Å². The predicted octanol–water partition coefficient (Wildman–Crippen LogP) is 4.44. The molecule has 0 aromatic heterocycles. The van der Waals surface area contributed by atoms with Crippen LogP contribution in [0.5, 0.6) is 0 Å². The Kier molecular flexibility index (Phi) is 4.00. The van der Waals surface area contributed by atoms with E-state index < -0.39 is 0 Å². The number of anilines is 1. The second kappa shape index (κ2) is 5.70. The van der Waals surface area contributed by atoms with Crippen molar-refractivity contribution in [1.29, 1.82) is 0 Å². The van der Waals surface area contributed by atoms with Crippen LogP contribution in [0.2, 0.25) is 0 Å². The Morgan fingerprint density at radius 2 is 1.68 bits per heavy atom. The molecule has 0 unspecified atom stereocenters. The molecule has 0 fully saturated rings. The molecule has 0 spiro atoms. The lowest BCUT2D eigenvalue weighted by atomic mass is 9.98. The smallest absolute Gasteiger partial charge is 0.221 e. The summed E-state index contributed by atoms with van der Waals surface area (Å²) in [5.41, 5.74) is 4.44. The zero-order chi connectivity index (χ0) is 13.8. The molecule has 0 atom stereocenters. The van der Waals surface area contributed by atoms with Crippen molar-refractivity contribution in [1.82, 2.24) is 0 Å². The zero-order valence-corrected chi connectivity index (χ0v) is 11.6. The monoisotopic (exact) mass is 253 g/mol. The van der Waals surface area contributed by atoms with E-state index in [1.54, 1.807) is 0 Å². The van der Waals surface area contributed by atoms with Gasteiger partial charge in [0.1, 0.15) is 0 Å². The Morgan fingerprint density at radius 1 is 1.00 bits per heavy atom. The maximum absolute atomic E-state index is 11.1. The van der Waals surface area contributed by atoms with E-state index in [1.165, 1.54) is 12.5 Å². The van der Waals surface area contributed by atoms with Crippen LogP contribution >= 0.6 is 0 Å². The molecule has 0 heterocycles. The number of amides is 1. The number of rotatable bonds is 3. The van der Waals surface area contributed by atoms with E-state index >= 15 is 0 Å². The maximum Gasteiger partial charge on any atom is 0.221 e. The summed E-state index contributed by atoms with van der Waals surface area (Å²) in [6.07, 6.45) is 0. The highest BCUT2D eigenvalue weighted by atomic mass is 16.1. The number of hydrogen-bond donors (Lipinski definition) is 1. The molecule has 0 saturated heterocycles. The van der Waals surface area contributed by atoms with Crippen molar-refractivity contribution in [2.24, 2.45) is 0 Å². The Morgan fingerprint density at radius 3 is 2.26 bits per heavy atom. The SMILES string of the molecule is CC(=O)Nc1cccc(-c2ccc(C(C)C)cc2)c1. The van der Waals surface area contributed by atoms with Gasteiger partial charge in [-0.2, -0.15) is 0 Å². The fourth-order valence-corrected chi connectivity index (χ4v) is 2.04. The first-order valence-electron chi connectivity index (χ1n) is 6.54. The Bertz CT molecular complexity index is 570. The molecular weight excluding hydrogens is 234 g/mol. The third-order valence-electron chi connectivity index (χ3n) is 3.09. The first-order chi connectivity index (χ1) is 9.06. The number of carbonyl (C=O) groups excluding carboxylic acids is 1. The summed E-state index contributed by atoms with van der Waals surface area (Å²) in [4.78, 5) is 11.1. The molecule has 2 nitrogen and oxygen atoms in total. The Balaban J connectivity index is 2.28. The second-order valence-electron chi connectivity index (χ2n) is 5.04. The molecule has 0 radical (unpaired) electrons. The van der Waals surface area contributed by atoms with Crippen molar-refractivity contribution in [3.63, 3.8) is 0 Å². The molecule has 0 aliphatic heterocycles. The van der Waals surface area contributed by atoms with E-state index in [1.807, 2.05) is 18.2 Å². The summed E-state index contributed by atoms with van der Waals surface area (Å²) >= 11 is 0. The quantitative estimate of drug-likeness (QED) is 0.861. The van der Waals surface area contributed by atoms with Crippen LogP contribution in [-0.2, 0) is 4.79 Å². The normalized spacial score (nSPS) is 10.5. The Labute approximate surface area is 114 Å². The van der Waals surface area contributed by atoms with Gasteiger partial charge in [-0.1, -0.05) is 50.2 Å². The van der Waals surface area contributed by atoms with Crippen molar-refractivity contribution >= 4 is 11.6 Å². The summed E-state index contributed by atoms with van der Waals surface area (Å²) in [7, 11) is 0. The van der Waals surface area contributed by atoms with Gasteiger partial charge in [0.2, 0.25) is 5.91 Å². The van der Waals surface area contributed by atoms with E-state index in [2.05, 4.69) is 49.5 Å². The van der Waals surface area contributed by atoms with Crippen LogP contribution in [0.15, 0.2) is 48.5 Å². The molecule has 2 rings (SSSR count). The zero-order valence-electron chi connectivity index (χ0n) is 11.6. The van der Waals surface area contributed by atoms with Crippen LogP contribution in [0.25, 0.3) is 11.1 Å². The van der Waals surface area contributed by atoms with Crippen molar-refractivity contribution < 1.29 is 4.79 Å². The van der Waals surface area contributed by atoms with Crippen LogP contribution in [0, 0.1) is 0 Å². The van der Waals surface area contributed by atoms with Gasteiger partial charge in [-0.15, -0.1) is 0 Å². The highest BCUT2D eigenvalue weighted by Crippen LogP contribution is 2.24. The molecule has 98 valence electrons. The van der Waals surface area contributed by atoms with Crippen LogP contribution in [0.4, 0.5) is 5.69 Å². The molecule has 0 bridgehead atoms. The topological polar surface area (TPSA) is 29.1 Å². The average Bonchev–Trinajstić information content (AvgIpc) is 2.38. The van der Waals surface area contributed by atoms with E-state index in [0.29, 0.717) is 5.92 Å². The molecule has 1 amide bonds. The summed E-state index contributed by atoms with van der Waals surface area (Å²) in [5, 5.41) is 2.81. The molecule has 19 heavy (non-hydrogen) atoms. The molecule has 0 aliphatic carbocycles. The first-order valence-corrected chi connectivity index (χ1v) is 6.54. The standard InChI is InChI=1S/C17H19NO/c1-12(2)14-7-9-15(10-8-14)16-5-4-6-17(11-16)18-13(3)19/h4-12H,1-3H3,(H,18,19). The van der Waals surface area contributed by atoms with Crippen molar-refractivity contribution in [3.8, 4) is 11.1 Å². The minimum absolute atomic E-state index is 0.0488.